The van der Waals surface area contributed by atoms with Crippen LogP contribution >= 0.6 is 34.5 Å². The van der Waals surface area contributed by atoms with Gasteiger partial charge in [-0.05, 0) is 23.8 Å². The van der Waals surface area contributed by atoms with Crippen LogP contribution in [-0.4, -0.2) is 55.5 Å². The summed E-state index contributed by atoms with van der Waals surface area (Å²) >= 11 is 14.5. The van der Waals surface area contributed by atoms with Crippen LogP contribution in [0.4, 0.5) is 11.8 Å². The van der Waals surface area contributed by atoms with Crippen molar-refractivity contribution < 1.29 is 14.6 Å². The van der Waals surface area contributed by atoms with E-state index < -0.39 is 11.6 Å². The zero-order valence-corrected chi connectivity index (χ0v) is 21.3. The van der Waals surface area contributed by atoms with Gasteiger partial charge in [0.15, 0.2) is 0 Å². The molecule has 1 amide bonds. The highest BCUT2D eigenvalue weighted by molar-refractivity contribution is 7.17. The number of thiophene rings is 1. The standard InChI is InChI=1S/C24H20Cl2N6O3S/c1-31-17(6-8-28-31)30-23-27-7-5-15(29-23)20-19(26)18-21(36-20)24(11-35-12-24)32(22(18)34)16(10-33)13-3-2-4-14(25)9-13/h2-9,16,33H,10-12H2,1H3,(H,27,29,30). The number of amides is 1. The van der Waals surface area contributed by atoms with E-state index in [0.29, 0.717) is 45.3 Å². The number of aliphatic hydroxyl groups excluding tert-OH is 1. The second-order valence-electron chi connectivity index (χ2n) is 8.63. The number of rotatable bonds is 6. The predicted octanol–water partition coefficient (Wildman–Crippen LogP) is 4.40. The number of anilines is 2. The Morgan fingerprint density at radius 1 is 1.25 bits per heavy atom. The van der Waals surface area contributed by atoms with Crippen LogP contribution in [0.25, 0.3) is 10.6 Å². The lowest BCUT2D eigenvalue weighted by atomic mass is 9.92. The molecule has 12 heteroatoms. The number of benzene rings is 1. The lowest BCUT2D eigenvalue weighted by Gasteiger charge is -2.48. The van der Waals surface area contributed by atoms with Crippen molar-refractivity contribution in [3.05, 3.63) is 74.8 Å². The van der Waals surface area contributed by atoms with E-state index in [0.717, 1.165) is 16.3 Å². The van der Waals surface area contributed by atoms with Crippen molar-refractivity contribution in [1.29, 1.82) is 0 Å². The molecule has 36 heavy (non-hydrogen) atoms. The van der Waals surface area contributed by atoms with E-state index >= 15 is 0 Å². The number of hydrogen-bond donors (Lipinski definition) is 2. The first-order chi connectivity index (χ1) is 17.4. The number of hydrogen-bond acceptors (Lipinski definition) is 8. The van der Waals surface area contributed by atoms with Crippen LogP contribution in [0.3, 0.4) is 0 Å². The molecule has 1 fully saturated rings. The molecule has 0 saturated carbocycles. The fourth-order valence-corrected chi connectivity index (χ4v) is 6.68. The Kier molecular flexibility index (Phi) is 5.73. The summed E-state index contributed by atoms with van der Waals surface area (Å²) in [5.41, 5.74) is 1.07. The smallest absolute Gasteiger partial charge is 0.258 e. The fraction of sp³-hybridized carbons (Fsp3) is 0.250. The average Bonchev–Trinajstić information content (AvgIpc) is 3.48. The minimum absolute atomic E-state index is 0.248. The third kappa shape index (κ3) is 3.52. The number of carbonyl (C=O) groups excluding carboxylic acids is 1. The number of aromatic nitrogens is 4. The van der Waals surface area contributed by atoms with E-state index in [4.69, 9.17) is 27.9 Å². The summed E-state index contributed by atoms with van der Waals surface area (Å²) in [7, 11) is 1.81. The number of aryl methyl sites for hydroxylation is 1. The van der Waals surface area contributed by atoms with Gasteiger partial charge in [-0.2, -0.15) is 5.10 Å². The van der Waals surface area contributed by atoms with Crippen LogP contribution in [0.2, 0.25) is 10.0 Å². The Hall–Kier alpha value is -3.02. The minimum Gasteiger partial charge on any atom is -0.394 e. The molecule has 1 aromatic carbocycles. The number of ether oxygens (including phenoxy) is 1. The van der Waals surface area contributed by atoms with Gasteiger partial charge in [0.05, 0.1) is 58.1 Å². The minimum atomic E-state index is -0.711. The maximum absolute atomic E-state index is 13.8. The van der Waals surface area contributed by atoms with E-state index in [1.807, 2.05) is 19.2 Å². The molecule has 0 radical (unpaired) electrons. The van der Waals surface area contributed by atoms with Crippen molar-refractivity contribution in [1.82, 2.24) is 24.6 Å². The van der Waals surface area contributed by atoms with Crippen molar-refractivity contribution >= 4 is 52.2 Å². The van der Waals surface area contributed by atoms with Gasteiger partial charge < -0.3 is 20.1 Å². The van der Waals surface area contributed by atoms with Gasteiger partial charge >= 0.3 is 0 Å². The highest BCUT2D eigenvalue weighted by atomic mass is 35.5. The number of nitrogens with zero attached hydrogens (tertiary/aromatic N) is 5. The third-order valence-corrected chi connectivity index (χ3v) is 8.65. The van der Waals surface area contributed by atoms with Crippen molar-refractivity contribution in [2.24, 2.45) is 7.05 Å². The van der Waals surface area contributed by atoms with Gasteiger partial charge in [-0.25, -0.2) is 9.97 Å². The van der Waals surface area contributed by atoms with E-state index in [-0.39, 0.29) is 12.5 Å². The molecule has 1 saturated heterocycles. The summed E-state index contributed by atoms with van der Waals surface area (Å²) in [6.45, 7) is 0.370. The molecule has 1 unspecified atom stereocenters. The highest BCUT2D eigenvalue weighted by Crippen LogP contribution is 2.56. The third-order valence-electron chi connectivity index (χ3n) is 6.52. The van der Waals surface area contributed by atoms with Crippen LogP contribution in [0.15, 0.2) is 48.8 Å². The van der Waals surface area contributed by atoms with Crippen LogP contribution in [0.1, 0.15) is 26.8 Å². The summed E-state index contributed by atoms with van der Waals surface area (Å²) in [6, 6.07) is 10.2. The zero-order chi connectivity index (χ0) is 25.0. The second-order valence-corrected chi connectivity index (χ2v) is 10.5. The van der Waals surface area contributed by atoms with E-state index in [9.17, 15) is 9.90 Å². The first-order valence-electron chi connectivity index (χ1n) is 11.1. The molecule has 2 N–H and O–H groups in total. The van der Waals surface area contributed by atoms with Crippen LogP contribution in [0, 0.1) is 0 Å². The van der Waals surface area contributed by atoms with E-state index in [1.54, 1.807) is 46.2 Å². The molecule has 4 aromatic rings. The predicted molar refractivity (Wildman–Crippen MR) is 137 cm³/mol. The van der Waals surface area contributed by atoms with Crippen LogP contribution in [0.5, 0.6) is 0 Å². The number of carbonyl (C=O) groups is 1. The summed E-state index contributed by atoms with van der Waals surface area (Å²) < 4.78 is 7.29. The van der Waals surface area contributed by atoms with Gasteiger partial charge in [-0.15, -0.1) is 11.3 Å². The molecule has 5 heterocycles. The Labute approximate surface area is 220 Å². The quantitative estimate of drug-likeness (QED) is 0.371. The monoisotopic (exact) mass is 542 g/mol. The molecule has 9 nitrogen and oxygen atoms in total. The van der Waals surface area contributed by atoms with Crippen LogP contribution < -0.4 is 5.32 Å². The number of nitrogens with one attached hydrogen (secondary N) is 1. The van der Waals surface area contributed by atoms with Crippen molar-refractivity contribution in [2.45, 2.75) is 11.6 Å². The molecule has 2 aliphatic rings. The van der Waals surface area contributed by atoms with Gasteiger partial charge in [-0.1, -0.05) is 35.3 Å². The van der Waals surface area contributed by atoms with Crippen LogP contribution in [-0.2, 0) is 17.3 Å². The maximum atomic E-state index is 13.8. The molecular formula is C24H20Cl2N6O3S. The van der Waals surface area contributed by atoms with Crippen molar-refractivity contribution in [3.63, 3.8) is 0 Å². The van der Waals surface area contributed by atoms with Gasteiger partial charge in [0.2, 0.25) is 5.95 Å². The Bertz CT molecular complexity index is 1480. The largest absolute Gasteiger partial charge is 0.394 e. The molecule has 1 spiro atoms. The Morgan fingerprint density at radius 3 is 2.75 bits per heavy atom. The molecule has 0 aliphatic carbocycles. The van der Waals surface area contributed by atoms with Gasteiger partial charge in [0.25, 0.3) is 5.91 Å². The lowest BCUT2D eigenvalue weighted by molar-refractivity contribution is -0.139. The molecule has 1 atom stereocenters. The number of halogens is 2. The fourth-order valence-electron chi connectivity index (χ4n) is 4.73. The number of aliphatic hydroxyl groups is 1. The first-order valence-corrected chi connectivity index (χ1v) is 12.7. The van der Waals surface area contributed by atoms with Crippen molar-refractivity contribution in [2.75, 3.05) is 25.1 Å². The molecular weight excluding hydrogens is 523 g/mol. The summed E-state index contributed by atoms with van der Waals surface area (Å²) in [4.78, 5) is 26.0. The van der Waals surface area contributed by atoms with Gasteiger partial charge in [0.1, 0.15) is 11.4 Å². The first kappa shape index (κ1) is 23.4. The van der Waals surface area contributed by atoms with E-state index in [2.05, 4.69) is 20.4 Å². The van der Waals surface area contributed by atoms with Gasteiger partial charge in [0, 0.05) is 24.3 Å². The molecule has 184 valence electrons. The highest BCUT2D eigenvalue weighted by Gasteiger charge is 2.59. The number of fused-ring (bicyclic) bond motifs is 2. The topological polar surface area (TPSA) is 105 Å². The Balaban J connectivity index is 1.39. The molecule has 0 bridgehead atoms. The summed E-state index contributed by atoms with van der Waals surface area (Å²) in [5, 5.41) is 18.5. The average molecular weight is 543 g/mol. The van der Waals surface area contributed by atoms with Gasteiger partial charge in [-0.3, -0.25) is 9.48 Å². The maximum Gasteiger partial charge on any atom is 0.258 e. The Morgan fingerprint density at radius 2 is 2.08 bits per heavy atom. The van der Waals surface area contributed by atoms with E-state index in [1.165, 1.54) is 11.3 Å². The molecule has 6 rings (SSSR count). The lowest BCUT2D eigenvalue weighted by Crippen LogP contribution is -2.58. The summed E-state index contributed by atoms with van der Waals surface area (Å²) in [6.07, 6.45) is 3.31. The molecule has 2 aliphatic heterocycles. The molecule has 3 aromatic heterocycles. The summed E-state index contributed by atoms with van der Waals surface area (Å²) in [5.74, 6) is 0.873. The normalized spacial score (nSPS) is 16.8. The van der Waals surface area contributed by atoms with Crippen molar-refractivity contribution in [3.8, 4) is 10.6 Å². The second kappa shape index (κ2) is 8.82. The zero-order valence-electron chi connectivity index (χ0n) is 19.0. The SMILES string of the molecule is Cn1nccc1Nc1nccc(-c2sc3c(c2Cl)C(=O)N(C(CO)c2cccc(Cl)c2)C32COC2)n1.